The molecule has 1 atom stereocenters. The molecule has 0 aliphatic carbocycles. The molecule has 4 rings (SSSR count). The molecule has 4 aromatic rings. The fourth-order valence-corrected chi connectivity index (χ4v) is 3.68. The van der Waals surface area contributed by atoms with E-state index >= 15 is 0 Å². The first-order valence-electron chi connectivity index (χ1n) is 9.31. The molecule has 1 N–H and O–H groups in total. The monoisotopic (exact) mass is 435 g/mol. The average Bonchev–Trinajstić information content (AvgIpc) is 3.23. The van der Waals surface area contributed by atoms with Gasteiger partial charge in [0, 0.05) is 21.8 Å². The summed E-state index contributed by atoms with van der Waals surface area (Å²) in [5.41, 5.74) is 3.53. The molecule has 0 aliphatic heterocycles. The molecule has 1 aromatic heterocycles. The summed E-state index contributed by atoms with van der Waals surface area (Å²) in [6.45, 7) is 1.80. The quantitative estimate of drug-likeness (QED) is 0.366. The van der Waals surface area contributed by atoms with Crippen LogP contribution < -0.4 is 5.32 Å². The van der Waals surface area contributed by atoms with E-state index in [0.717, 1.165) is 22.4 Å². The number of hydrogen-bond donors (Lipinski definition) is 1. The summed E-state index contributed by atoms with van der Waals surface area (Å²) in [4.78, 5) is 12.8. The number of hydrogen-bond acceptors (Lipinski definition) is 5. The Morgan fingerprint density at radius 2 is 1.63 bits per heavy atom. The summed E-state index contributed by atoms with van der Waals surface area (Å²) in [5, 5.41) is 11.6. The lowest BCUT2D eigenvalue weighted by atomic mass is 10.0. The molecular weight excluding hydrogens is 418 g/mol. The Morgan fingerprint density at radius 3 is 2.40 bits per heavy atom. The predicted molar refractivity (Wildman–Crippen MR) is 121 cm³/mol. The van der Waals surface area contributed by atoms with Gasteiger partial charge < -0.3 is 9.73 Å². The maximum Gasteiger partial charge on any atom is 0.277 e. The molecule has 150 valence electrons. The van der Waals surface area contributed by atoms with E-state index in [1.54, 1.807) is 31.2 Å². The minimum absolute atomic E-state index is 0.144. The molecule has 0 spiro atoms. The molecule has 30 heavy (non-hydrogen) atoms. The lowest BCUT2D eigenvalue weighted by Gasteiger charge is -2.14. The highest BCUT2D eigenvalue weighted by Gasteiger charge is 2.20. The van der Waals surface area contributed by atoms with Crippen molar-refractivity contribution < 1.29 is 9.21 Å². The van der Waals surface area contributed by atoms with Crippen molar-refractivity contribution in [1.29, 1.82) is 0 Å². The van der Waals surface area contributed by atoms with Crippen LogP contribution in [0.2, 0.25) is 5.02 Å². The zero-order valence-electron chi connectivity index (χ0n) is 16.1. The van der Waals surface area contributed by atoms with Crippen LogP contribution in [0.5, 0.6) is 0 Å². The maximum absolute atomic E-state index is 12.8. The van der Waals surface area contributed by atoms with Crippen LogP contribution in [-0.4, -0.2) is 21.4 Å². The molecule has 5 nitrogen and oxygen atoms in total. The molecule has 0 fully saturated rings. The second-order valence-electron chi connectivity index (χ2n) is 6.54. The number of thioether (sulfide) groups is 1. The Bertz CT molecular complexity index is 1150. The number of halogens is 1. The highest BCUT2D eigenvalue weighted by atomic mass is 35.5. The first-order chi connectivity index (χ1) is 14.6. The summed E-state index contributed by atoms with van der Waals surface area (Å²) in [7, 11) is 0. The van der Waals surface area contributed by atoms with E-state index in [0.29, 0.717) is 16.1 Å². The van der Waals surface area contributed by atoms with E-state index in [-0.39, 0.29) is 5.91 Å². The second-order valence-corrected chi connectivity index (χ2v) is 8.27. The summed E-state index contributed by atoms with van der Waals surface area (Å²) in [6.07, 6.45) is 0. The van der Waals surface area contributed by atoms with Crippen LogP contribution in [0.25, 0.3) is 22.6 Å². The molecule has 0 saturated heterocycles. The fraction of sp³-hybridized carbons (Fsp3) is 0.0870. The van der Waals surface area contributed by atoms with Crippen LogP contribution >= 0.6 is 23.4 Å². The van der Waals surface area contributed by atoms with Crippen molar-refractivity contribution in [2.45, 2.75) is 17.4 Å². The zero-order chi connectivity index (χ0) is 20.9. The van der Waals surface area contributed by atoms with Crippen molar-refractivity contribution in [1.82, 2.24) is 10.2 Å². The van der Waals surface area contributed by atoms with E-state index in [4.69, 9.17) is 16.0 Å². The van der Waals surface area contributed by atoms with E-state index in [1.165, 1.54) is 11.8 Å². The van der Waals surface area contributed by atoms with Gasteiger partial charge in [0.1, 0.15) is 0 Å². The van der Waals surface area contributed by atoms with Gasteiger partial charge in [-0.3, -0.25) is 4.79 Å². The second kappa shape index (κ2) is 9.15. The van der Waals surface area contributed by atoms with Gasteiger partial charge in [-0.15, -0.1) is 10.2 Å². The lowest BCUT2D eigenvalue weighted by molar-refractivity contribution is -0.115. The average molecular weight is 436 g/mol. The van der Waals surface area contributed by atoms with Gasteiger partial charge in [0.25, 0.3) is 5.22 Å². The van der Waals surface area contributed by atoms with E-state index < -0.39 is 5.25 Å². The molecule has 1 amide bonds. The van der Waals surface area contributed by atoms with Gasteiger partial charge in [0.2, 0.25) is 11.8 Å². The topological polar surface area (TPSA) is 68.0 Å². The molecule has 0 bridgehead atoms. The molecule has 1 unspecified atom stereocenters. The number of carbonyl (C=O) groups excluding carboxylic acids is 1. The first-order valence-corrected chi connectivity index (χ1v) is 10.6. The number of carbonyl (C=O) groups is 1. The van der Waals surface area contributed by atoms with Gasteiger partial charge in [-0.2, -0.15) is 0 Å². The first kappa shape index (κ1) is 20.2. The Labute approximate surface area is 183 Å². The summed E-state index contributed by atoms with van der Waals surface area (Å²) in [5.74, 6) is 0.242. The number of rotatable bonds is 6. The van der Waals surface area contributed by atoms with E-state index in [1.807, 2.05) is 54.6 Å². The third kappa shape index (κ3) is 4.72. The number of nitrogens with zero attached hydrogens (tertiary/aromatic N) is 2. The number of anilines is 1. The van der Waals surface area contributed by atoms with Gasteiger partial charge in [-0.1, -0.05) is 71.9 Å². The maximum atomic E-state index is 12.8. The molecule has 1 heterocycles. The van der Waals surface area contributed by atoms with Crippen molar-refractivity contribution in [2.24, 2.45) is 0 Å². The molecule has 7 heteroatoms. The van der Waals surface area contributed by atoms with Crippen LogP contribution in [0.15, 0.2) is 88.5 Å². The van der Waals surface area contributed by atoms with Crippen molar-refractivity contribution in [2.75, 3.05) is 5.32 Å². The Morgan fingerprint density at radius 1 is 0.933 bits per heavy atom. The van der Waals surface area contributed by atoms with Gasteiger partial charge in [-0.25, -0.2) is 0 Å². The number of para-hydroxylation sites is 1. The molecule has 0 radical (unpaired) electrons. The van der Waals surface area contributed by atoms with Gasteiger partial charge in [0.15, 0.2) is 0 Å². The molecule has 0 saturated carbocycles. The number of nitrogens with one attached hydrogen (secondary N) is 1. The third-order valence-corrected chi connectivity index (χ3v) is 5.60. The fourth-order valence-electron chi connectivity index (χ4n) is 2.87. The Kier molecular flexibility index (Phi) is 6.16. The highest BCUT2D eigenvalue weighted by Crippen LogP contribution is 2.30. The SMILES string of the molecule is CC(Sc1nnc(-c2ccc(Cl)cc2)o1)C(=O)Nc1ccccc1-c1ccccc1. The number of amides is 1. The van der Waals surface area contributed by atoms with Crippen LogP contribution in [0.3, 0.4) is 0 Å². The van der Waals surface area contributed by atoms with Crippen molar-refractivity contribution in [3.05, 3.63) is 83.9 Å². The summed E-state index contributed by atoms with van der Waals surface area (Å²) >= 11 is 7.12. The minimum Gasteiger partial charge on any atom is -0.411 e. The standard InChI is InChI=1S/C23H18ClN3O2S/c1-15(30-23-27-26-22(29-23)17-11-13-18(24)14-12-17)21(28)25-20-10-6-5-9-19(20)16-7-3-2-4-8-16/h2-15H,1H3,(H,25,28). The van der Waals surface area contributed by atoms with Gasteiger partial charge in [0.05, 0.1) is 5.25 Å². The third-order valence-electron chi connectivity index (χ3n) is 4.41. The minimum atomic E-state index is -0.424. The van der Waals surface area contributed by atoms with E-state index in [9.17, 15) is 4.79 Å². The largest absolute Gasteiger partial charge is 0.411 e. The van der Waals surface area contributed by atoms with Crippen molar-refractivity contribution in [3.63, 3.8) is 0 Å². The summed E-state index contributed by atoms with van der Waals surface area (Å²) in [6, 6.07) is 24.8. The van der Waals surface area contributed by atoms with Crippen LogP contribution in [0.1, 0.15) is 6.92 Å². The molecule has 0 aliphatic rings. The van der Waals surface area contributed by atoms with Crippen LogP contribution in [0, 0.1) is 0 Å². The van der Waals surface area contributed by atoms with Gasteiger partial charge >= 0.3 is 0 Å². The number of benzene rings is 3. The normalized spacial score (nSPS) is 11.8. The lowest BCUT2D eigenvalue weighted by Crippen LogP contribution is -2.22. The smallest absolute Gasteiger partial charge is 0.277 e. The molecular formula is C23H18ClN3O2S. The van der Waals surface area contributed by atoms with E-state index in [2.05, 4.69) is 15.5 Å². The Balaban J connectivity index is 1.45. The Hall–Kier alpha value is -3.09. The van der Waals surface area contributed by atoms with Crippen molar-refractivity contribution >= 4 is 35.0 Å². The van der Waals surface area contributed by atoms with Crippen LogP contribution in [0.4, 0.5) is 5.69 Å². The number of aromatic nitrogens is 2. The van der Waals surface area contributed by atoms with Crippen molar-refractivity contribution in [3.8, 4) is 22.6 Å². The van der Waals surface area contributed by atoms with Gasteiger partial charge in [-0.05, 0) is 42.8 Å². The zero-order valence-corrected chi connectivity index (χ0v) is 17.7. The van der Waals surface area contributed by atoms with Crippen LogP contribution in [-0.2, 0) is 4.79 Å². The molecule has 3 aromatic carbocycles. The predicted octanol–water partition coefficient (Wildman–Crippen LogP) is 6.18. The highest BCUT2D eigenvalue weighted by molar-refractivity contribution is 8.00. The summed E-state index contributed by atoms with van der Waals surface area (Å²) < 4.78 is 5.69.